The van der Waals surface area contributed by atoms with Gasteiger partial charge in [-0.15, -0.1) is 0 Å². The van der Waals surface area contributed by atoms with Gasteiger partial charge in [0.05, 0.1) is 0 Å². The van der Waals surface area contributed by atoms with Crippen molar-refractivity contribution in [2.75, 3.05) is 20.1 Å². The summed E-state index contributed by atoms with van der Waals surface area (Å²) in [6.45, 7) is 5.15. The second-order valence-electron chi connectivity index (χ2n) is 5.21. The maximum absolute atomic E-state index is 11.8. The molecule has 0 aliphatic carbocycles. The third-order valence-corrected chi connectivity index (χ3v) is 4.14. The Hall–Kier alpha value is -1.30. The van der Waals surface area contributed by atoms with E-state index in [1.54, 1.807) is 13.8 Å². The number of amides is 2. The predicted octanol–water partition coefficient (Wildman–Crippen LogP) is 1.02. The molecule has 110 valence electrons. The van der Waals surface area contributed by atoms with Gasteiger partial charge in [0.1, 0.15) is 5.54 Å². The number of likely N-dealkylation sites (N-methyl/N-ethyl adjacent to an activating group) is 1. The summed E-state index contributed by atoms with van der Waals surface area (Å²) in [6.07, 6.45) is 2.96. The minimum Gasteiger partial charge on any atom is -0.480 e. The van der Waals surface area contributed by atoms with Crippen molar-refractivity contribution < 1.29 is 14.7 Å². The van der Waals surface area contributed by atoms with E-state index in [2.05, 4.69) is 15.5 Å². The molecule has 1 fully saturated rings. The van der Waals surface area contributed by atoms with Gasteiger partial charge in [-0.05, 0) is 39.3 Å². The van der Waals surface area contributed by atoms with Gasteiger partial charge in [-0.25, -0.2) is 9.59 Å². The predicted molar refractivity (Wildman–Crippen MR) is 73.1 cm³/mol. The normalized spacial score (nSPS) is 20.3. The highest BCUT2D eigenvalue weighted by atomic mass is 16.4. The Morgan fingerprint density at radius 3 is 2.42 bits per heavy atom. The van der Waals surface area contributed by atoms with E-state index in [-0.39, 0.29) is 0 Å². The van der Waals surface area contributed by atoms with Crippen LogP contribution in [0.5, 0.6) is 0 Å². The lowest BCUT2D eigenvalue weighted by molar-refractivity contribution is -0.144. The van der Waals surface area contributed by atoms with Crippen LogP contribution >= 0.6 is 0 Å². The minimum absolute atomic E-state index is 0.355. The zero-order valence-corrected chi connectivity index (χ0v) is 12.0. The van der Waals surface area contributed by atoms with Crippen LogP contribution in [0.3, 0.4) is 0 Å². The molecule has 19 heavy (non-hydrogen) atoms. The fourth-order valence-electron chi connectivity index (χ4n) is 2.49. The lowest BCUT2D eigenvalue weighted by Crippen LogP contribution is -2.57. The molecule has 1 rings (SSSR count). The number of carbonyl (C=O) groups is 2. The quantitative estimate of drug-likeness (QED) is 0.674. The Bertz CT molecular complexity index is 329. The number of carboxylic acid groups (broad SMARTS) is 1. The molecule has 1 saturated heterocycles. The van der Waals surface area contributed by atoms with E-state index in [1.807, 2.05) is 7.05 Å². The third-order valence-electron chi connectivity index (χ3n) is 4.14. The van der Waals surface area contributed by atoms with E-state index < -0.39 is 17.5 Å². The van der Waals surface area contributed by atoms with Gasteiger partial charge < -0.3 is 20.6 Å². The van der Waals surface area contributed by atoms with Gasteiger partial charge in [0, 0.05) is 12.6 Å². The minimum atomic E-state index is -1.16. The summed E-state index contributed by atoms with van der Waals surface area (Å²) in [5, 5.41) is 14.6. The molecule has 1 atom stereocenters. The topological polar surface area (TPSA) is 81.7 Å². The SMILES string of the molecule is CCC(CC)(NC(=O)NCC1CCCN1C)C(=O)O. The second kappa shape index (κ2) is 6.75. The van der Waals surface area contributed by atoms with E-state index in [9.17, 15) is 14.7 Å². The van der Waals surface area contributed by atoms with E-state index in [4.69, 9.17) is 0 Å². The first-order chi connectivity index (χ1) is 8.95. The molecule has 0 bridgehead atoms. The van der Waals surface area contributed by atoms with Crippen molar-refractivity contribution in [1.29, 1.82) is 0 Å². The maximum Gasteiger partial charge on any atom is 0.329 e. The zero-order chi connectivity index (χ0) is 14.5. The smallest absolute Gasteiger partial charge is 0.329 e. The number of urea groups is 1. The molecule has 0 aromatic carbocycles. The van der Waals surface area contributed by atoms with Gasteiger partial charge in [0.15, 0.2) is 0 Å². The Kier molecular flexibility index (Phi) is 5.60. The van der Waals surface area contributed by atoms with Crippen LogP contribution in [-0.2, 0) is 4.79 Å². The fourth-order valence-corrected chi connectivity index (χ4v) is 2.49. The van der Waals surface area contributed by atoms with Crippen LogP contribution in [0.25, 0.3) is 0 Å². The van der Waals surface area contributed by atoms with E-state index in [1.165, 1.54) is 0 Å². The van der Waals surface area contributed by atoms with Crippen molar-refractivity contribution in [3.63, 3.8) is 0 Å². The van der Waals surface area contributed by atoms with Gasteiger partial charge >= 0.3 is 12.0 Å². The van der Waals surface area contributed by atoms with Gasteiger partial charge in [-0.1, -0.05) is 13.8 Å². The molecule has 0 saturated carbocycles. The molecular weight excluding hydrogens is 246 g/mol. The van der Waals surface area contributed by atoms with Crippen LogP contribution in [-0.4, -0.2) is 53.7 Å². The molecular formula is C13H25N3O3. The largest absolute Gasteiger partial charge is 0.480 e. The Balaban J connectivity index is 2.47. The lowest BCUT2D eigenvalue weighted by Gasteiger charge is -2.28. The van der Waals surface area contributed by atoms with Crippen molar-refractivity contribution in [1.82, 2.24) is 15.5 Å². The number of carboxylic acids is 1. The van der Waals surface area contributed by atoms with Gasteiger partial charge in [0.25, 0.3) is 0 Å². The summed E-state index contributed by atoms with van der Waals surface area (Å²) in [6, 6.07) is -0.0420. The fraction of sp³-hybridized carbons (Fsp3) is 0.846. The number of nitrogens with one attached hydrogen (secondary N) is 2. The first-order valence-electron chi connectivity index (χ1n) is 6.94. The Morgan fingerprint density at radius 2 is 2.00 bits per heavy atom. The van der Waals surface area contributed by atoms with E-state index in [0.29, 0.717) is 25.4 Å². The summed E-state index contributed by atoms with van der Waals surface area (Å²) in [7, 11) is 2.04. The van der Waals surface area contributed by atoms with Crippen LogP contribution in [0.2, 0.25) is 0 Å². The van der Waals surface area contributed by atoms with Crippen molar-refractivity contribution in [2.24, 2.45) is 0 Å². The highest BCUT2D eigenvalue weighted by Crippen LogP contribution is 2.16. The molecule has 2 amide bonds. The molecule has 1 heterocycles. The molecule has 0 spiro atoms. The van der Waals surface area contributed by atoms with Crippen LogP contribution in [0.4, 0.5) is 4.79 Å². The summed E-state index contributed by atoms with van der Waals surface area (Å²) >= 11 is 0. The van der Waals surface area contributed by atoms with Crippen molar-refractivity contribution in [2.45, 2.75) is 51.1 Å². The van der Waals surface area contributed by atoms with E-state index in [0.717, 1.165) is 19.4 Å². The molecule has 6 heteroatoms. The average Bonchev–Trinajstić information content (AvgIpc) is 2.79. The molecule has 3 N–H and O–H groups in total. The monoisotopic (exact) mass is 271 g/mol. The Morgan fingerprint density at radius 1 is 1.37 bits per heavy atom. The number of hydrogen-bond acceptors (Lipinski definition) is 3. The lowest BCUT2D eigenvalue weighted by atomic mass is 9.93. The first-order valence-corrected chi connectivity index (χ1v) is 6.94. The summed E-state index contributed by atoms with van der Waals surface area (Å²) in [4.78, 5) is 25.3. The highest BCUT2D eigenvalue weighted by Gasteiger charge is 2.36. The zero-order valence-electron chi connectivity index (χ0n) is 12.0. The number of nitrogens with zero attached hydrogens (tertiary/aromatic N) is 1. The molecule has 1 aliphatic rings. The van der Waals surface area contributed by atoms with Crippen molar-refractivity contribution in [3.8, 4) is 0 Å². The van der Waals surface area contributed by atoms with Crippen LogP contribution < -0.4 is 10.6 Å². The standard InChI is InChI=1S/C13H25N3O3/c1-4-13(5-2,11(17)18)15-12(19)14-9-10-7-6-8-16(10)3/h10H,4-9H2,1-3H3,(H,17,18)(H2,14,15,19). The molecule has 1 unspecified atom stereocenters. The van der Waals surface area contributed by atoms with Gasteiger partial charge in [-0.2, -0.15) is 0 Å². The van der Waals surface area contributed by atoms with Crippen LogP contribution in [0, 0.1) is 0 Å². The molecule has 6 nitrogen and oxygen atoms in total. The number of carbonyl (C=O) groups excluding carboxylic acids is 1. The average molecular weight is 271 g/mol. The number of rotatable bonds is 6. The summed E-state index contributed by atoms with van der Waals surface area (Å²) in [5.41, 5.74) is -1.16. The van der Waals surface area contributed by atoms with Crippen molar-refractivity contribution >= 4 is 12.0 Å². The van der Waals surface area contributed by atoms with Crippen molar-refractivity contribution in [3.05, 3.63) is 0 Å². The van der Waals surface area contributed by atoms with E-state index >= 15 is 0 Å². The number of aliphatic carboxylic acids is 1. The van der Waals surface area contributed by atoms with Gasteiger partial charge in [0.2, 0.25) is 0 Å². The molecule has 0 aromatic heterocycles. The summed E-state index contributed by atoms with van der Waals surface area (Å²) < 4.78 is 0. The van der Waals surface area contributed by atoms with Crippen LogP contribution in [0.15, 0.2) is 0 Å². The highest BCUT2D eigenvalue weighted by molar-refractivity contribution is 5.86. The molecule has 1 aliphatic heterocycles. The second-order valence-corrected chi connectivity index (χ2v) is 5.21. The van der Waals surface area contributed by atoms with Gasteiger partial charge in [-0.3, -0.25) is 0 Å². The third kappa shape index (κ3) is 3.83. The summed E-state index contributed by atoms with van der Waals surface area (Å²) in [5.74, 6) is -0.981. The van der Waals surface area contributed by atoms with Crippen LogP contribution in [0.1, 0.15) is 39.5 Å². The molecule has 0 radical (unpaired) electrons. The maximum atomic E-state index is 11.8. The number of likely N-dealkylation sites (tertiary alicyclic amines) is 1. The Labute approximate surface area is 114 Å². The number of hydrogen-bond donors (Lipinski definition) is 3. The first kappa shape index (κ1) is 15.8. The molecule has 0 aromatic rings.